The third-order valence-corrected chi connectivity index (χ3v) is 7.13. The van der Waals surface area contributed by atoms with E-state index < -0.39 is 45.7 Å². The van der Waals surface area contributed by atoms with E-state index in [0.29, 0.717) is 29.2 Å². The number of hydrogen-bond acceptors (Lipinski definition) is 2. The minimum absolute atomic E-state index is 0.0116. The van der Waals surface area contributed by atoms with Gasteiger partial charge in [-0.05, 0) is 39.2 Å². The first-order valence-electron chi connectivity index (χ1n) is 10.9. The van der Waals surface area contributed by atoms with Crippen molar-refractivity contribution in [3.63, 3.8) is 0 Å². The highest BCUT2D eigenvalue weighted by molar-refractivity contribution is 14.1. The lowest BCUT2D eigenvalue weighted by Gasteiger charge is -2.48. The summed E-state index contributed by atoms with van der Waals surface area (Å²) in [4.78, 5) is 11.5. The molecule has 3 aliphatic heterocycles. The van der Waals surface area contributed by atoms with E-state index >= 15 is 0 Å². The topological polar surface area (TPSA) is 26.3 Å². The lowest BCUT2D eigenvalue weighted by atomic mass is 10.1. The molecule has 0 unspecified atom stereocenters. The molecule has 39 heavy (non-hydrogen) atoms. The van der Waals surface area contributed by atoms with E-state index in [2.05, 4.69) is 0 Å². The van der Waals surface area contributed by atoms with Crippen LogP contribution in [0.1, 0.15) is 15.9 Å². The van der Waals surface area contributed by atoms with E-state index in [4.69, 9.17) is 16.3 Å². The van der Waals surface area contributed by atoms with Crippen LogP contribution >= 0.6 is 34.2 Å². The number of halogens is 15. The Kier molecular flexibility index (Phi) is 12.6. The summed E-state index contributed by atoms with van der Waals surface area (Å²) in [6.45, 7) is 3.93. The molecule has 3 heterocycles. The summed E-state index contributed by atoms with van der Waals surface area (Å²) < 4.78 is 148. The van der Waals surface area contributed by atoms with Gasteiger partial charge in [0.25, 0.3) is 6.43 Å². The number of hydrogen-bond donors (Lipinski definition) is 0. The van der Waals surface area contributed by atoms with Crippen molar-refractivity contribution < 1.29 is 75.3 Å². The zero-order valence-electron chi connectivity index (χ0n) is 19.6. The second-order valence-corrected chi connectivity index (χ2v) is 10.0. The van der Waals surface area contributed by atoms with Crippen LogP contribution in [0.3, 0.4) is 0 Å². The molecule has 0 spiro atoms. The van der Waals surface area contributed by atoms with E-state index in [1.165, 1.54) is 12.1 Å². The largest absolute Gasteiger partial charge is 0.673 e. The summed E-state index contributed by atoms with van der Waals surface area (Å²) in [5.74, 6) is -4.83. The van der Waals surface area contributed by atoms with Crippen LogP contribution in [-0.4, -0.2) is 93.7 Å². The van der Waals surface area contributed by atoms with Gasteiger partial charge >= 0.3 is 20.4 Å². The summed E-state index contributed by atoms with van der Waals surface area (Å²) in [6.07, 6.45) is -3.49. The first kappa shape index (κ1) is 35.9. The summed E-state index contributed by atoms with van der Waals surface area (Å²) in [5.41, 5.74) is -0.107. The molecule has 2 bridgehead atoms. The molecule has 4 nitrogen and oxygen atoms in total. The smallest absolute Gasteiger partial charge is 0.487 e. The zero-order chi connectivity index (χ0) is 30.4. The minimum Gasteiger partial charge on any atom is -0.487 e. The van der Waals surface area contributed by atoms with Crippen LogP contribution < -0.4 is 4.74 Å². The van der Waals surface area contributed by atoms with Crippen LogP contribution in [0.15, 0.2) is 12.1 Å². The van der Waals surface area contributed by atoms with Gasteiger partial charge in [-0.3, -0.25) is 9.28 Å². The van der Waals surface area contributed by atoms with Gasteiger partial charge in [0.05, 0.1) is 0 Å². The van der Waals surface area contributed by atoms with Crippen LogP contribution in [-0.2, 0) is 6.42 Å². The number of rotatable bonds is 4. The van der Waals surface area contributed by atoms with Crippen molar-refractivity contribution in [1.29, 1.82) is 0 Å². The van der Waals surface area contributed by atoms with Crippen molar-refractivity contribution >= 4 is 54.5 Å². The number of carbonyl (C=O) groups excluding carboxylic acids is 1. The Morgan fingerprint density at radius 2 is 1.36 bits per heavy atom. The average Bonchev–Trinajstić information content (AvgIpc) is 3.02. The molecule has 226 valence electrons. The minimum atomic E-state index is -6.00. The van der Waals surface area contributed by atoms with Gasteiger partial charge < -0.3 is 39.3 Å². The number of ketones is 1. The molecule has 1 aliphatic carbocycles. The molecule has 1 aromatic carbocycles. The SMILES string of the molecule is F[B-](F)(F)F.F[B-](F)(F)F.F[N+]12CC[N+](CCl)(CC1)CC2.O=C1c2c(I)ccc(OCC(F)F)c2CC1(F)F. The number of fused-ring (bicyclic) bond motifs is 4. The van der Waals surface area contributed by atoms with Crippen molar-refractivity contribution in [2.75, 3.05) is 51.9 Å². The Morgan fingerprint density at radius 3 is 1.74 bits per heavy atom. The Hall–Kier alpha value is -1.15. The van der Waals surface area contributed by atoms with Crippen LogP contribution in [0, 0.1) is 3.57 Å². The number of benzene rings is 1. The maximum absolute atomic E-state index is 13.5. The standard InChI is InChI=1S/C11H7F4IO2.C7H14ClFN2.2BF4/c12-8(13)4-18-7-2-1-6(16)9-5(7)3-11(14,15)10(9)17;8-7-10-1-4-11(9,5-2-10)6-3-10;2*2-1(3,4)5/h1-2,8H,3-4H2;1-7H2;;/q;+2;2*-1. The van der Waals surface area contributed by atoms with Gasteiger partial charge in [0, 0.05) is 21.1 Å². The number of alkyl halides is 5. The Morgan fingerprint density at radius 1 is 0.923 bits per heavy atom. The van der Waals surface area contributed by atoms with Crippen molar-refractivity contribution in [1.82, 2.24) is 0 Å². The number of Topliss-reactive ketones (excluding diaryl/α,β-unsaturated/α-hetero) is 1. The van der Waals surface area contributed by atoms with Crippen molar-refractivity contribution in [2.45, 2.75) is 18.8 Å². The molecular weight excluding hydrogens is 707 g/mol. The van der Waals surface area contributed by atoms with Crippen LogP contribution in [0.5, 0.6) is 5.75 Å². The number of carbonyl (C=O) groups is 1. The quantitative estimate of drug-likeness (QED) is 0.0662. The van der Waals surface area contributed by atoms with Gasteiger partial charge in [0.2, 0.25) is 5.78 Å². The lowest BCUT2D eigenvalue weighted by Crippen LogP contribution is -2.71. The molecule has 21 heteroatoms. The van der Waals surface area contributed by atoms with Gasteiger partial charge in [-0.1, -0.05) is 11.6 Å². The molecule has 3 fully saturated rings. The fraction of sp³-hybridized carbons (Fsp3) is 0.611. The van der Waals surface area contributed by atoms with Gasteiger partial charge in [-0.25, -0.2) is 8.78 Å². The summed E-state index contributed by atoms with van der Waals surface area (Å²) in [7, 11) is -12.0. The second-order valence-electron chi connectivity index (χ2n) is 8.63. The number of nitrogens with zero attached hydrogens (tertiary/aromatic N) is 2. The van der Waals surface area contributed by atoms with Crippen LogP contribution in [0.2, 0.25) is 0 Å². The number of quaternary nitrogens is 2. The van der Waals surface area contributed by atoms with Crippen molar-refractivity contribution in [2.24, 2.45) is 0 Å². The van der Waals surface area contributed by atoms with E-state index in [1.807, 2.05) is 0 Å². The molecule has 0 N–H and O–H groups in total. The lowest BCUT2D eigenvalue weighted by molar-refractivity contribution is -1.15. The monoisotopic (exact) mass is 728 g/mol. The molecule has 5 rings (SSSR count). The molecular formula is C18H21B2ClF13IN2O2. The zero-order valence-corrected chi connectivity index (χ0v) is 22.5. The van der Waals surface area contributed by atoms with Gasteiger partial charge in [-0.15, -0.1) is 4.71 Å². The number of piperazine rings is 3. The highest BCUT2D eigenvalue weighted by Gasteiger charge is 2.50. The van der Waals surface area contributed by atoms with Gasteiger partial charge in [0.15, 0.2) is 25.6 Å². The molecule has 0 radical (unpaired) electrons. The molecule has 0 amide bonds. The van der Waals surface area contributed by atoms with Gasteiger partial charge in [0.1, 0.15) is 32.0 Å². The first-order valence-corrected chi connectivity index (χ1v) is 12.5. The fourth-order valence-corrected chi connectivity index (χ4v) is 4.93. The normalized spacial score (nSPS) is 25.0. The summed E-state index contributed by atoms with van der Waals surface area (Å²) in [5, 5.41) is 0. The molecule has 3 saturated heterocycles. The van der Waals surface area contributed by atoms with Gasteiger partial charge in [-0.2, -0.15) is 8.78 Å². The Bertz CT molecular complexity index is 937. The molecule has 0 saturated carbocycles. The van der Waals surface area contributed by atoms with Crippen molar-refractivity contribution in [3.05, 3.63) is 26.8 Å². The third kappa shape index (κ3) is 12.5. The summed E-state index contributed by atoms with van der Waals surface area (Å²) >= 11 is 7.61. The molecule has 1 aromatic rings. The van der Waals surface area contributed by atoms with Crippen LogP contribution in [0.4, 0.5) is 56.6 Å². The maximum Gasteiger partial charge on any atom is 0.673 e. The Labute approximate surface area is 232 Å². The molecule has 0 atom stereocenters. The predicted molar refractivity (Wildman–Crippen MR) is 126 cm³/mol. The maximum atomic E-state index is 13.5. The van der Waals surface area contributed by atoms with E-state index in [1.54, 1.807) is 22.6 Å². The first-order chi connectivity index (χ1) is 17.5. The van der Waals surface area contributed by atoms with E-state index in [9.17, 15) is 61.4 Å². The third-order valence-electron chi connectivity index (χ3n) is 5.72. The summed E-state index contributed by atoms with van der Waals surface area (Å²) in [6, 6.07) is 3.40. The average molecular weight is 728 g/mol. The van der Waals surface area contributed by atoms with E-state index in [-0.39, 0.29) is 21.6 Å². The highest BCUT2D eigenvalue weighted by Crippen LogP contribution is 2.41. The molecule has 0 aromatic heterocycles. The van der Waals surface area contributed by atoms with E-state index in [0.717, 1.165) is 24.1 Å². The fourth-order valence-electron chi connectivity index (χ4n) is 3.82. The van der Waals surface area contributed by atoms with Crippen LogP contribution in [0.25, 0.3) is 0 Å². The Balaban J connectivity index is 0.000000306. The second kappa shape index (κ2) is 13.7. The number of ether oxygens (including phenoxy) is 1. The molecule has 4 aliphatic rings. The predicted octanol–water partition coefficient (Wildman–Crippen LogP) is 6.64. The highest BCUT2D eigenvalue weighted by atomic mass is 127. The van der Waals surface area contributed by atoms with Crippen molar-refractivity contribution in [3.8, 4) is 5.75 Å².